The fourth-order valence-electron chi connectivity index (χ4n) is 2.04. The van der Waals surface area contributed by atoms with Crippen LogP contribution in [0, 0.1) is 12.7 Å². The summed E-state index contributed by atoms with van der Waals surface area (Å²) in [5.41, 5.74) is 2.07. The van der Waals surface area contributed by atoms with Gasteiger partial charge in [0.25, 0.3) is 0 Å². The van der Waals surface area contributed by atoms with Gasteiger partial charge in [0, 0.05) is 41.4 Å². The van der Waals surface area contributed by atoms with Gasteiger partial charge in [0.1, 0.15) is 5.82 Å². The molecule has 1 aromatic carbocycles. The van der Waals surface area contributed by atoms with E-state index in [4.69, 9.17) is 0 Å². The van der Waals surface area contributed by atoms with E-state index in [1.807, 2.05) is 33.8 Å². The summed E-state index contributed by atoms with van der Waals surface area (Å²) in [6.45, 7) is 9.14. The van der Waals surface area contributed by atoms with Gasteiger partial charge in [-0.3, -0.25) is 9.20 Å². The summed E-state index contributed by atoms with van der Waals surface area (Å²) < 4.78 is 24.9. The van der Waals surface area contributed by atoms with Crippen LogP contribution in [0.25, 0.3) is 0 Å². The quantitative estimate of drug-likeness (QED) is 0.383. The van der Waals surface area contributed by atoms with Gasteiger partial charge >= 0.3 is 0 Å². The molecule has 0 aliphatic rings. The van der Waals surface area contributed by atoms with E-state index in [0.29, 0.717) is 24.8 Å². The number of aliphatic imine (C=N–C) groups is 1. The lowest BCUT2D eigenvalue weighted by molar-refractivity contribution is 0.625. The normalized spacial score (nSPS) is 13.2. The Hall–Kier alpha value is -0.700. The molecule has 0 aliphatic heterocycles. The van der Waals surface area contributed by atoms with Crippen LogP contribution < -0.4 is 10.6 Å². The van der Waals surface area contributed by atoms with Crippen LogP contribution in [-0.4, -0.2) is 40.8 Å². The van der Waals surface area contributed by atoms with Crippen molar-refractivity contribution in [3.8, 4) is 0 Å². The Balaban J connectivity index is 0.00000529. The van der Waals surface area contributed by atoms with E-state index in [1.165, 1.54) is 6.07 Å². The summed E-state index contributed by atoms with van der Waals surface area (Å²) in [7, 11) is 0.830. The topological polar surface area (TPSA) is 53.5 Å². The maximum Gasteiger partial charge on any atom is 0.191 e. The fraction of sp³-hybridized carbons (Fsp3) is 0.588. The molecule has 0 saturated carbocycles. The van der Waals surface area contributed by atoms with Crippen LogP contribution in [0.2, 0.25) is 0 Å². The Morgan fingerprint density at radius 3 is 2.42 bits per heavy atom. The van der Waals surface area contributed by atoms with Gasteiger partial charge in [0.05, 0.1) is 0 Å². The summed E-state index contributed by atoms with van der Waals surface area (Å²) in [5.74, 6) is 1.07. The molecule has 0 bridgehead atoms. The number of guanidine groups is 1. The summed E-state index contributed by atoms with van der Waals surface area (Å²) in [5, 5.41) is 6.39. The van der Waals surface area contributed by atoms with Crippen LogP contribution in [0.4, 0.5) is 4.39 Å². The van der Waals surface area contributed by atoms with Crippen molar-refractivity contribution in [2.45, 2.75) is 38.9 Å². The minimum atomic E-state index is -0.877. The van der Waals surface area contributed by atoms with Crippen molar-refractivity contribution < 1.29 is 8.60 Å². The van der Waals surface area contributed by atoms with Crippen molar-refractivity contribution in [3.63, 3.8) is 0 Å². The first kappa shape index (κ1) is 23.3. The van der Waals surface area contributed by atoms with E-state index in [2.05, 4.69) is 15.6 Å². The molecule has 0 fully saturated rings. The molecule has 4 nitrogen and oxygen atoms in total. The second-order valence-corrected chi connectivity index (χ2v) is 8.73. The third-order valence-electron chi connectivity index (χ3n) is 3.48. The van der Waals surface area contributed by atoms with Crippen molar-refractivity contribution in [3.05, 3.63) is 35.1 Å². The minimum absolute atomic E-state index is 0. The lowest BCUT2D eigenvalue weighted by Gasteiger charge is -2.18. The van der Waals surface area contributed by atoms with E-state index < -0.39 is 10.8 Å². The predicted molar refractivity (Wildman–Crippen MR) is 112 cm³/mol. The molecule has 0 heterocycles. The summed E-state index contributed by atoms with van der Waals surface area (Å²) in [6.07, 6.45) is 0.792. The Morgan fingerprint density at radius 1 is 1.25 bits per heavy atom. The fourth-order valence-corrected chi connectivity index (χ4v) is 2.94. The minimum Gasteiger partial charge on any atom is -0.356 e. The van der Waals surface area contributed by atoms with Gasteiger partial charge in [-0.1, -0.05) is 6.07 Å². The number of aryl methyl sites for hydroxylation is 1. The van der Waals surface area contributed by atoms with E-state index >= 15 is 0 Å². The monoisotopic (exact) mass is 469 g/mol. The summed E-state index contributed by atoms with van der Waals surface area (Å²) >= 11 is 0. The molecule has 1 unspecified atom stereocenters. The SMILES string of the molecule is CN=C(NCCc1ccc(F)cc1C)NCCS(=O)C(C)(C)C.I. The molecule has 1 atom stereocenters. The standard InChI is InChI=1S/C17H28FN3OS.HI/c1-13-12-15(18)7-6-14(13)8-9-20-16(19-5)21-10-11-23(22)17(2,3)4;/h6-7,12H,8-11H2,1-5H3,(H2,19,20,21);1H. The van der Waals surface area contributed by atoms with Crippen LogP contribution in [0.1, 0.15) is 31.9 Å². The number of hydrogen-bond donors (Lipinski definition) is 2. The van der Waals surface area contributed by atoms with Gasteiger partial charge in [-0.15, -0.1) is 24.0 Å². The predicted octanol–water partition coefficient (Wildman–Crippen LogP) is 3.01. The molecular weight excluding hydrogens is 440 g/mol. The van der Waals surface area contributed by atoms with Crippen LogP contribution in [0.5, 0.6) is 0 Å². The molecule has 0 radical (unpaired) electrons. The van der Waals surface area contributed by atoms with Crippen molar-refractivity contribution in [2.24, 2.45) is 4.99 Å². The van der Waals surface area contributed by atoms with E-state index in [0.717, 1.165) is 17.5 Å². The number of halogens is 2. The first-order valence-electron chi connectivity index (χ1n) is 7.82. The molecule has 0 saturated heterocycles. The van der Waals surface area contributed by atoms with E-state index in [1.54, 1.807) is 13.1 Å². The summed E-state index contributed by atoms with van der Waals surface area (Å²) in [6, 6.07) is 4.84. The Morgan fingerprint density at radius 2 is 1.88 bits per heavy atom. The molecular formula is C17H29FIN3OS. The maximum atomic E-state index is 13.1. The van der Waals surface area contributed by atoms with Gasteiger partial charge in [0.15, 0.2) is 5.96 Å². The highest BCUT2D eigenvalue weighted by Gasteiger charge is 2.18. The highest BCUT2D eigenvalue weighted by atomic mass is 127. The second kappa shape index (κ2) is 11.0. The van der Waals surface area contributed by atoms with E-state index in [-0.39, 0.29) is 34.5 Å². The average Bonchev–Trinajstić information content (AvgIpc) is 2.46. The highest BCUT2D eigenvalue weighted by molar-refractivity contribution is 14.0. The molecule has 138 valence electrons. The number of nitrogens with zero attached hydrogens (tertiary/aromatic N) is 1. The first-order chi connectivity index (χ1) is 10.7. The highest BCUT2D eigenvalue weighted by Crippen LogP contribution is 2.11. The van der Waals surface area contributed by atoms with Gasteiger partial charge in [-0.25, -0.2) is 4.39 Å². The van der Waals surface area contributed by atoms with Crippen LogP contribution >= 0.6 is 24.0 Å². The van der Waals surface area contributed by atoms with Gasteiger partial charge in [-0.2, -0.15) is 0 Å². The lowest BCUT2D eigenvalue weighted by atomic mass is 10.1. The molecule has 2 N–H and O–H groups in total. The number of benzene rings is 1. The van der Waals surface area contributed by atoms with Crippen LogP contribution in [0.3, 0.4) is 0 Å². The molecule has 7 heteroatoms. The third kappa shape index (κ3) is 8.41. The maximum absolute atomic E-state index is 13.1. The Bertz CT molecular complexity index is 573. The second-order valence-electron chi connectivity index (χ2n) is 6.41. The molecule has 1 rings (SSSR count). The zero-order chi connectivity index (χ0) is 17.5. The zero-order valence-electron chi connectivity index (χ0n) is 15.1. The molecule has 0 aromatic heterocycles. The van der Waals surface area contributed by atoms with Gasteiger partial charge < -0.3 is 10.6 Å². The Labute approximate surface area is 164 Å². The molecule has 0 aliphatic carbocycles. The van der Waals surface area contributed by atoms with Crippen molar-refractivity contribution in [1.82, 2.24) is 10.6 Å². The largest absolute Gasteiger partial charge is 0.356 e. The van der Waals surface area contributed by atoms with E-state index in [9.17, 15) is 8.60 Å². The molecule has 0 spiro atoms. The zero-order valence-corrected chi connectivity index (χ0v) is 18.3. The van der Waals surface area contributed by atoms with Gasteiger partial charge in [-0.05, 0) is 57.4 Å². The van der Waals surface area contributed by atoms with Crippen LogP contribution in [0.15, 0.2) is 23.2 Å². The van der Waals surface area contributed by atoms with Crippen molar-refractivity contribution in [2.75, 3.05) is 25.9 Å². The molecule has 24 heavy (non-hydrogen) atoms. The Kier molecular flexibility index (Phi) is 10.7. The van der Waals surface area contributed by atoms with Gasteiger partial charge in [0.2, 0.25) is 0 Å². The third-order valence-corrected chi connectivity index (χ3v) is 5.42. The molecule has 0 amide bonds. The number of rotatable bonds is 6. The summed E-state index contributed by atoms with van der Waals surface area (Å²) in [4.78, 5) is 4.15. The van der Waals surface area contributed by atoms with Crippen LogP contribution in [-0.2, 0) is 17.2 Å². The first-order valence-corrected chi connectivity index (χ1v) is 9.14. The van der Waals surface area contributed by atoms with Crippen molar-refractivity contribution >= 4 is 40.7 Å². The molecule has 1 aromatic rings. The lowest BCUT2D eigenvalue weighted by Crippen LogP contribution is -2.41. The average molecular weight is 469 g/mol. The van der Waals surface area contributed by atoms with Crippen molar-refractivity contribution in [1.29, 1.82) is 0 Å². The number of nitrogens with one attached hydrogen (secondary N) is 2. The smallest absolute Gasteiger partial charge is 0.191 e. The number of hydrogen-bond acceptors (Lipinski definition) is 2.